The molecular formula is C20H20N2O4. The molecule has 1 unspecified atom stereocenters. The van der Waals surface area contributed by atoms with Crippen molar-refractivity contribution in [2.45, 2.75) is 19.4 Å². The zero-order valence-corrected chi connectivity index (χ0v) is 14.5. The van der Waals surface area contributed by atoms with Crippen LogP contribution >= 0.6 is 0 Å². The molecular weight excluding hydrogens is 332 g/mol. The highest BCUT2D eigenvalue weighted by Crippen LogP contribution is 2.30. The minimum atomic E-state index is -0.394. The van der Waals surface area contributed by atoms with Crippen LogP contribution in [0.2, 0.25) is 0 Å². The van der Waals surface area contributed by atoms with E-state index < -0.39 is 5.97 Å². The number of hydrogen-bond acceptors (Lipinski definition) is 4. The molecule has 1 heterocycles. The highest BCUT2D eigenvalue weighted by atomic mass is 16.5. The molecule has 6 nitrogen and oxygen atoms in total. The molecule has 1 atom stereocenters. The molecule has 2 aromatic rings. The number of fused-ring (bicyclic) bond motifs is 1. The van der Waals surface area contributed by atoms with Crippen molar-refractivity contribution in [3.05, 3.63) is 70.8 Å². The van der Waals surface area contributed by atoms with E-state index in [4.69, 9.17) is 4.74 Å². The lowest BCUT2D eigenvalue weighted by molar-refractivity contribution is -0.120. The van der Waals surface area contributed by atoms with Crippen molar-refractivity contribution < 1.29 is 19.1 Å². The summed E-state index contributed by atoms with van der Waals surface area (Å²) in [5.41, 5.74) is 2.56. The molecule has 2 aromatic carbocycles. The Hall–Kier alpha value is -3.15. The Balaban J connectivity index is 1.76. The maximum absolute atomic E-state index is 12.3. The van der Waals surface area contributed by atoms with Crippen LogP contribution in [0.15, 0.2) is 48.5 Å². The average Bonchev–Trinajstić information content (AvgIpc) is 2.66. The van der Waals surface area contributed by atoms with Crippen molar-refractivity contribution in [2.24, 2.45) is 0 Å². The molecule has 0 saturated carbocycles. The van der Waals surface area contributed by atoms with Gasteiger partial charge in [0.25, 0.3) is 5.91 Å². The van der Waals surface area contributed by atoms with Crippen LogP contribution in [-0.2, 0) is 16.0 Å². The summed E-state index contributed by atoms with van der Waals surface area (Å²) in [6.07, 6.45) is 0.132. The summed E-state index contributed by atoms with van der Waals surface area (Å²) in [6, 6.07) is 14.4. The second-order valence-corrected chi connectivity index (χ2v) is 6.02. The van der Waals surface area contributed by atoms with Crippen molar-refractivity contribution in [2.75, 3.05) is 13.1 Å². The number of likely N-dealkylation sites (N-methyl/N-ethyl adjacent to an activating group) is 1. The van der Waals surface area contributed by atoms with Gasteiger partial charge in [0.15, 0.2) is 0 Å². The minimum absolute atomic E-state index is 0.0849. The summed E-state index contributed by atoms with van der Waals surface area (Å²) in [4.78, 5) is 36.0. The molecule has 0 bridgehead atoms. The van der Waals surface area contributed by atoms with Gasteiger partial charge in [0, 0.05) is 18.5 Å². The Morgan fingerprint density at radius 1 is 1.12 bits per heavy atom. The Morgan fingerprint density at radius 2 is 1.88 bits per heavy atom. The molecule has 6 heteroatoms. The number of rotatable bonds is 5. The molecule has 2 amide bonds. The molecule has 1 aliphatic rings. The number of carbonyl (C=O) groups excluding carboxylic acids is 3. The van der Waals surface area contributed by atoms with Crippen molar-refractivity contribution >= 4 is 17.8 Å². The van der Waals surface area contributed by atoms with Crippen LogP contribution in [-0.4, -0.2) is 30.9 Å². The quantitative estimate of drug-likeness (QED) is 0.806. The lowest BCUT2D eigenvalue weighted by Gasteiger charge is -2.25. The first kappa shape index (κ1) is 17.7. The molecule has 0 aromatic heterocycles. The Morgan fingerprint density at radius 3 is 2.62 bits per heavy atom. The standard InChI is InChI=1S/C20H20N2O4/c1-2-21-18(23)12-22-19(24)14-8-9-16-15(10-14)11-17(26-20(16)25)13-6-4-3-5-7-13/h3-10,17H,2,11-12H2,1H3,(H,21,23)(H,22,24). The van der Waals surface area contributed by atoms with E-state index in [1.54, 1.807) is 18.2 Å². The fourth-order valence-corrected chi connectivity index (χ4v) is 2.91. The summed E-state index contributed by atoms with van der Waals surface area (Å²) in [5, 5.41) is 5.19. The number of benzene rings is 2. The van der Waals surface area contributed by atoms with Crippen molar-refractivity contribution in [3.8, 4) is 0 Å². The topological polar surface area (TPSA) is 84.5 Å². The monoisotopic (exact) mass is 352 g/mol. The molecule has 134 valence electrons. The first-order valence-electron chi connectivity index (χ1n) is 8.52. The van der Waals surface area contributed by atoms with Crippen LogP contribution in [0.5, 0.6) is 0 Å². The number of carbonyl (C=O) groups is 3. The lowest BCUT2D eigenvalue weighted by Crippen LogP contribution is -2.36. The molecule has 0 spiro atoms. The van der Waals surface area contributed by atoms with Crippen molar-refractivity contribution in [1.29, 1.82) is 0 Å². The van der Waals surface area contributed by atoms with Gasteiger partial charge in [0.2, 0.25) is 5.91 Å². The van der Waals surface area contributed by atoms with Gasteiger partial charge in [-0.25, -0.2) is 4.79 Å². The third-order valence-electron chi connectivity index (χ3n) is 4.20. The predicted octanol–water partition coefficient (Wildman–Crippen LogP) is 2.01. The zero-order chi connectivity index (χ0) is 18.5. The van der Waals surface area contributed by atoms with E-state index >= 15 is 0 Å². The van der Waals surface area contributed by atoms with E-state index in [0.717, 1.165) is 11.1 Å². The maximum Gasteiger partial charge on any atom is 0.339 e. The summed E-state index contributed by atoms with van der Waals surface area (Å²) in [5.74, 6) is -0.991. The molecule has 0 saturated heterocycles. The van der Waals surface area contributed by atoms with Gasteiger partial charge >= 0.3 is 5.97 Å². The van der Waals surface area contributed by atoms with E-state index in [1.165, 1.54) is 0 Å². The fourth-order valence-electron chi connectivity index (χ4n) is 2.91. The van der Waals surface area contributed by atoms with E-state index in [9.17, 15) is 14.4 Å². The second kappa shape index (κ2) is 7.82. The molecule has 2 N–H and O–H groups in total. The van der Waals surface area contributed by atoms with E-state index in [1.807, 2.05) is 37.3 Å². The van der Waals surface area contributed by atoms with Gasteiger partial charge in [0.05, 0.1) is 12.1 Å². The van der Waals surface area contributed by atoms with Crippen LogP contribution in [0, 0.1) is 0 Å². The van der Waals surface area contributed by atoms with E-state index in [0.29, 0.717) is 24.1 Å². The van der Waals surface area contributed by atoms with Gasteiger partial charge in [0.1, 0.15) is 6.10 Å². The number of hydrogen-bond donors (Lipinski definition) is 2. The first-order chi connectivity index (χ1) is 12.6. The van der Waals surface area contributed by atoms with Gasteiger partial charge in [-0.05, 0) is 36.2 Å². The molecule has 0 fully saturated rings. The Kier molecular flexibility index (Phi) is 5.31. The predicted molar refractivity (Wildman–Crippen MR) is 95.8 cm³/mol. The van der Waals surface area contributed by atoms with Crippen molar-refractivity contribution in [1.82, 2.24) is 10.6 Å². The number of esters is 1. The third-order valence-corrected chi connectivity index (χ3v) is 4.20. The highest BCUT2D eigenvalue weighted by Gasteiger charge is 2.28. The Bertz CT molecular complexity index is 833. The largest absolute Gasteiger partial charge is 0.454 e. The van der Waals surface area contributed by atoms with Crippen LogP contribution in [0.25, 0.3) is 0 Å². The summed E-state index contributed by atoms with van der Waals surface area (Å²) < 4.78 is 5.51. The molecule has 26 heavy (non-hydrogen) atoms. The maximum atomic E-state index is 12.3. The zero-order valence-electron chi connectivity index (χ0n) is 14.5. The molecule has 0 radical (unpaired) electrons. The van der Waals surface area contributed by atoms with Crippen LogP contribution in [0.1, 0.15) is 44.9 Å². The van der Waals surface area contributed by atoms with Crippen LogP contribution in [0.3, 0.4) is 0 Å². The fraction of sp³-hybridized carbons (Fsp3) is 0.250. The van der Waals surface area contributed by atoms with Gasteiger partial charge < -0.3 is 15.4 Å². The number of nitrogens with one attached hydrogen (secondary N) is 2. The number of amides is 2. The van der Waals surface area contributed by atoms with Gasteiger partial charge in [-0.3, -0.25) is 9.59 Å². The normalized spacial score (nSPS) is 15.6. The van der Waals surface area contributed by atoms with Gasteiger partial charge in [-0.15, -0.1) is 0 Å². The van der Waals surface area contributed by atoms with Gasteiger partial charge in [-0.2, -0.15) is 0 Å². The molecule has 1 aliphatic heterocycles. The average molecular weight is 352 g/mol. The smallest absolute Gasteiger partial charge is 0.339 e. The Labute approximate surface area is 151 Å². The van der Waals surface area contributed by atoms with E-state index in [2.05, 4.69) is 10.6 Å². The third kappa shape index (κ3) is 3.91. The lowest BCUT2D eigenvalue weighted by atomic mass is 9.93. The SMILES string of the molecule is CCNC(=O)CNC(=O)c1ccc2c(c1)CC(c1ccccc1)OC2=O. The van der Waals surface area contributed by atoms with Crippen LogP contribution < -0.4 is 10.6 Å². The summed E-state index contributed by atoms with van der Waals surface area (Å²) in [6.45, 7) is 2.24. The second-order valence-electron chi connectivity index (χ2n) is 6.02. The highest BCUT2D eigenvalue weighted by molar-refractivity contribution is 5.99. The van der Waals surface area contributed by atoms with Crippen LogP contribution in [0.4, 0.5) is 0 Å². The van der Waals surface area contributed by atoms with Crippen molar-refractivity contribution in [3.63, 3.8) is 0 Å². The minimum Gasteiger partial charge on any atom is -0.454 e. The van der Waals surface area contributed by atoms with Gasteiger partial charge in [-0.1, -0.05) is 30.3 Å². The molecule has 0 aliphatic carbocycles. The summed E-state index contributed by atoms with van der Waals surface area (Å²) in [7, 11) is 0. The number of cyclic esters (lactones) is 1. The first-order valence-corrected chi connectivity index (χ1v) is 8.52. The molecule has 3 rings (SSSR count). The number of ether oxygens (including phenoxy) is 1. The van der Waals surface area contributed by atoms with E-state index in [-0.39, 0.29) is 24.5 Å². The summed E-state index contributed by atoms with van der Waals surface area (Å²) >= 11 is 0.